The van der Waals surface area contributed by atoms with Gasteiger partial charge in [-0.25, -0.2) is 4.79 Å². The van der Waals surface area contributed by atoms with Crippen molar-refractivity contribution in [1.82, 2.24) is 4.90 Å². The third-order valence-electron chi connectivity index (χ3n) is 2.98. The summed E-state index contributed by atoms with van der Waals surface area (Å²) in [6, 6.07) is 10.1. The summed E-state index contributed by atoms with van der Waals surface area (Å²) in [5.74, 6) is 0. The molecule has 21 heavy (non-hydrogen) atoms. The number of rotatable bonds is 6. The quantitative estimate of drug-likeness (QED) is 0.787. The number of carbonyl (C=O) groups is 1. The SMILES string of the molecule is CC(C)(C)OC(=O)N(CN)CC[C@@H](N)Cc1ccccc1. The summed E-state index contributed by atoms with van der Waals surface area (Å²) in [7, 11) is 0. The summed E-state index contributed by atoms with van der Waals surface area (Å²) in [5, 5.41) is 0. The second kappa shape index (κ2) is 8.00. The molecule has 0 bridgehead atoms. The average molecular weight is 293 g/mol. The number of nitrogens with two attached hydrogens (primary N) is 2. The van der Waals surface area contributed by atoms with E-state index in [1.54, 1.807) is 0 Å². The van der Waals surface area contributed by atoms with E-state index in [1.807, 2.05) is 39.0 Å². The van der Waals surface area contributed by atoms with Gasteiger partial charge in [0.05, 0.1) is 6.67 Å². The molecule has 5 heteroatoms. The van der Waals surface area contributed by atoms with Gasteiger partial charge in [-0.1, -0.05) is 30.3 Å². The Kier molecular flexibility index (Phi) is 6.65. The Balaban J connectivity index is 2.42. The normalized spacial score (nSPS) is 12.8. The molecule has 1 aromatic rings. The maximum absolute atomic E-state index is 11.9. The number of nitrogens with zero attached hydrogens (tertiary/aromatic N) is 1. The van der Waals surface area contributed by atoms with Crippen molar-refractivity contribution in [3.8, 4) is 0 Å². The molecule has 5 nitrogen and oxygen atoms in total. The minimum absolute atomic E-state index is 0.0103. The van der Waals surface area contributed by atoms with Crippen molar-refractivity contribution in [3.63, 3.8) is 0 Å². The molecule has 0 aliphatic rings. The predicted molar refractivity (Wildman–Crippen MR) is 84.7 cm³/mol. The predicted octanol–water partition coefficient (Wildman–Crippen LogP) is 2.10. The molecule has 0 aliphatic carbocycles. The van der Waals surface area contributed by atoms with Crippen LogP contribution in [0.15, 0.2) is 30.3 Å². The molecule has 1 rings (SSSR count). The van der Waals surface area contributed by atoms with Gasteiger partial charge in [0.1, 0.15) is 5.60 Å². The first-order valence-electron chi connectivity index (χ1n) is 7.29. The minimum Gasteiger partial charge on any atom is -0.444 e. The Labute approximate surface area is 127 Å². The molecule has 0 aromatic heterocycles. The summed E-state index contributed by atoms with van der Waals surface area (Å²) >= 11 is 0. The first kappa shape index (κ1) is 17.5. The van der Waals surface area contributed by atoms with Crippen molar-refractivity contribution in [2.45, 2.75) is 45.3 Å². The second-order valence-corrected chi connectivity index (χ2v) is 6.16. The smallest absolute Gasteiger partial charge is 0.411 e. The van der Waals surface area contributed by atoms with Crippen LogP contribution in [0.25, 0.3) is 0 Å². The topological polar surface area (TPSA) is 81.6 Å². The number of hydrogen-bond acceptors (Lipinski definition) is 4. The maximum atomic E-state index is 11.9. The Bertz CT molecular complexity index is 429. The maximum Gasteiger partial charge on any atom is 0.411 e. The lowest BCUT2D eigenvalue weighted by Gasteiger charge is -2.27. The number of benzene rings is 1. The zero-order valence-corrected chi connectivity index (χ0v) is 13.2. The van der Waals surface area contributed by atoms with Crippen molar-refractivity contribution < 1.29 is 9.53 Å². The molecular weight excluding hydrogens is 266 g/mol. The van der Waals surface area contributed by atoms with E-state index in [0.29, 0.717) is 13.0 Å². The number of ether oxygens (including phenoxy) is 1. The van der Waals surface area contributed by atoms with E-state index < -0.39 is 11.7 Å². The van der Waals surface area contributed by atoms with Crippen LogP contribution in [0.1, 0.15) is 32.8 Å². The van der Waals surface area contributed by atoms with Crippen molar-refractivity contribution >= 4 is 6.09 Å². The number of carbonyl (C=O) groups excluding carboxylic acids is 1. The van der Waals surface area contributed by atoms with Crippen LogP contribution in [-0.2, 0) is 11.2 Å². The lowest BCUT2D eigenvalue weighted by atomic mass is 10.0. The van der Waals surface area contributed by atoms with Crippen LogP contribution in [0.4, 0.5) is 4.79 Å². The van der Waals surface area contributed by atoms with E-state index in [-0.39, 0.29) is 12.7 Å². The van der Waals surface area contributed by atoms with Crippen LogP contribution in [0.5, 0.6) is 0 Å². The Morgan fingerprint density at radius 3 is 2.43 bits per heavy atom. The van der Waals surface area contributed by atoms with Crippen LogP contribution in [-0.4, -0.2) is 35.8 Å². The van der Waals surface area contributed by atoms with Gasteiger partial charge in [-0.05, 0) is 39.2 Å². The largest absolute Gasteiger partial charge is 0.444 e. The molecule has 0 saturated heterocycles. The minimum atomic E-state index is -0.517. The third kappa shape index (κ3) is 7.11. The summed E-state index contributed by atoms with van der Waals surface area (Å²) < 4.78 is 5.31. The number of hydrogen-bond donors (Lipinski definition) is 2. The van der Waals surface area contributed by atoms with Crippen molar-refractivity contribution in [3.05, 3.63) is 35.9 Å². The summed E-state index contributed by atoms with van der Waals surface area (Å²) in [5.41, 5.74) is 12.4. The lowest BCUT2D eigenvalue weighted by molar-refractivity contribution is 0.0250. The van der Waals surface area contributed by atoms with Gasteiger partial charge in [-0.3, -0.25) is 4.90 Å². The zero-order chi connectivity index (χ0) is 15.9. The lowest BCUT2D eigenvalue weighted by Crippen LogP contribution is -2.42. The number of amides is 1. The highest BCUT2D eigenvalue weighted by Crippen LogP contribution is 2.10. The fraction of sp³-hybridized carbons (Fsp3) is 0.562. The third-order valence-corrected chi connectivity index (χ3v) is 2.98. The summed E-state index contributed by atoms with van der Waals surface area (Å²) in [6.45, 7) is 6.13. The molecule has 1 amide bonds. The van der Waals surface area contributed by atoms with Crippen molar-refractivity contribution in [1.29, 1.82) is 0 Å². The van der Waals surface area contributed by atoms with Gasteiger partial charge in [0.25, 0.3) is 0 Å². The first-order valence-corrected chi connectivity index (χ1v) is 7.29. The molecule has 118 valence electrons. The highest BCUT2D eigenvalue weighted by atomic mass is 16.6. The molecule has 0 radical (unpaired) electrons. The first-order chi connectivity index (χ1) is 9.81. The molecule has 0 unspecified atom stereocenters. The van der Waals surface area contributed by atoms with Crippen molar-refractivity contribution in [2.24, 2.45) is 11.5 Å². The summed E-state index contributed by atoms with van der Waals surface area (Å²) in [6.07, 6.45) is 1.08. The van der Waals surface area contributed by atoms with Crippen LogP contribution in [0.2, 0.25) is 0 Å². The Hall–Kier alpha value is -1.59. The van der Waals surface area contributed by atoms with E-state index in [1.165, 1.54) is 10.5 Å². The van der Waals surface area contributed by atoms with Crippen LogP contribution in [0, 0.1) is 0 Å². The monoisotopic (exact) mass is 293 g/mol. The van der Waals surface area contributed by atoms with Gasteiger partial charge in [-0.15, -0.1) is 0 Å². The molecule has 0 spiro atoms. The molecule has 1 atom stereocenters. The van der Waals surface area contributed by atoms with Crippen LogP contribution < -0.4 is 11.5 Å². The molecular formula is C16H27N3O2. The van der Waals surface area contributed by atoms with Gasteiger partial charge in [-0.2, -0.15) is 0 Å². The highest BCUT2D eigenvalue weighted by molar-refractivity contribution is 5.68. The fourth-order valence-electron chi connectivity index (χ4n) is 1.92. The van der Waals surface area contributed by atoms with E-state index >= 15 is 0 Å². The molecule has 1 aromatic carbocycles. The summed E-state index contributed by atoms with van der Waals surface area (Å²) in [4.78, 5) is 13.4. The molecule has 0 heterocycles. The van der Waals surface area contributed by atoms with E-state index in [9.17, 15) is 4.79 Å². The van der Waals surface area contributed by atoms with Crippen LogP contribution in [0.3, 0.4) is 0 Å². The van der Waals surface area contributed by atoms with Crippen LogP contribution >= 0.6 is 0 Å². The Morgan fingerprint density at radius 1 is 1.29 bits per heavy atom. The Morgan fingerprint density at radius 2 is 1.90 bits per heavy atom. The molecule has 0 fully saturated rings. The van der Waals surface area contributed by atoms with Crippen molar-refractivity contribution in [2.75, 3.05) is 13.2 Å². The van der Waals surface area contributed by atoms with Gasteiger partial charge in [0.2, 0.25) is 0 Å². The van der Waals surface area contributed by atoms with Gasteiger partial charge in [0, 0.05) is 12.6 Å². The highest BCUT2D eigenvalue weighted by Gasteiger charge is 2.21. The second-order valence-electron chi connectivity index (χ2n) is 6.16. The van der Waals surface area contributed by atoms with E-state index in [2.05, 4.69) is 12.1 Å². The molecule has 0 saturated carbocycles. The zero-order valence-electron chi connectivity index (χ0n) is 13.2. The molecule has 0 aliphatic heterocycles. The standard InChI is InChI=1S/C16H27N3O2/c1-16(2,3)21-15(20)19(12-17)10-9-14(18)11-13-7-5-4-6-8-13/h4-8,14H,9-12,17-18H2,1-3H3/t14-/m1/s1. The van der Waals surface area contributed by atoms with Gasteiger partial charge >= 0.3 is 6.09 Å². The molecule has 4 N–H and O–H groups in total. The van der Waals surface area contributed by atoms with Gasteiger partial charge in [0.15, 0.2) is 0 Å². The average Bonchev–Trinajstić information content (AvgIpc) is 2.38. The fourth-order valence-corrected chi connectivity index (χ4v) is 1.92. The van der Waals surface area contributed by atoms with E-state index in [4.69, 9.17) is 16.2 Å². The van der Waals surface area contributed by atoms with E-state index in [0.717, 1.165) is 6.42 Å². The van der Waals surface area contributed by atoms with Gasteiger partial charge < -0.3 is 16.2 Å².